The molecule has 2 amide bonds. The zero-order valence-corrected chi connectivity index (χ0v) is 30.7. The van der Waals surface area contributed by atoms with Crippen LogP contribution in [-0.4, -0.2) is 79.2 Å². The highest BCUT2D eigenvalue weighted by molar-refractivity contribution is 5.98. The first-order chi connectivity index (χ1) is 25.5. The van der Waals surface area contributed by atoms with Gasteiger partial charge in [0.2, 0.25) is 17.6 Å². The van der Waals surface area contributed by atoms with Gasteiger partial charge in [-0.05, 0) is 79.5 Å². The molecule has 2 aliphatic rings. The molecule has 12 heteroatoms. The SMILES string of the molecule is COc1cc(C(CC(=O)NCC(=O)N2CCc3ccccc3C2)c2c(O)cc3c(c2O)C(=O)OC(C)CCCC(=O)CCCC=C3)cc(OC)c1OC. The third-order valence-electron chi connectivity index (χ3n) is 9.80. The molecule has 0 bridgehead atoms. The Bertz CT molecular complexity index is 1840. The van der Waals surface area contributed by atoms with Gasteiger partial charge < -0.3 is 39.4 Å². The van der Waals surface area contributed by atoms with Gasteiger partial charge >= 0.3 is 5.97 Å². The molecule has 282 valence electrons. The van der Waals surface area contributed by atoms with Crippen LogP contribution in [0.2, 0.25) is 0 Å². The molecule has 5 rings (SSSR count). The maximum Gasteiger partial charge on any atom is 0.342 e. The molecule has 2 atom stereocenters. The minimum Gasteiger partial charge on any atom is -0.507 e. The summed E-state index contributed by atoms with van der Waals surface area (Å²) >= 11 is 0. The maximum atomic E-state index is 13.8. The van der Waals surface area contributed by atoms with Crippen LogP contribution in [-0.2, 0) is 32.1 Å². The Kier molecular flexibility index (Phi) is 13.0. The molecule has 2 aliphatic heterocycles. The zero-order valence-electron chi connectivity index (χ0n) is 30.7. The van der Waals surface area contributed by atoms with E-state index in [1.165, 1.54) is 33.0 Å². The number of fused-ring (bicyclic) bond motifs is 2. The number of carbonyl (C=O) groups is 4. The van der Waals surface area contributed by atoms with E-state index in [9.17, 15) is 29.4 Å². The summed E-state index contributed by atoms with van der Waals surface area (Å²) in [6, 6.07) is 12.5. The Morgan fingerprint density at radius 1 is 0.962 bits per heavy atom. The number of esters is 1. The number of rotatable bonds is 9. The normalized spacial score (nSPS) is 17.1. The van der Waals surface area contributed by atoms with Gasteiger partial charge in [-0.1, -0.05) is 36.4 Å². The number of hydrogen-bond acceptors (Lipinski definition) is 10. The number of aromatic hydroxyl groups is 2. The second kappa shape index (κ2) is 17.8. The summed E-state index contributed by atoms with van der Waals surface area (Å²) in [5.74, 6) is -2.65. The highest BCUT2D eigenvalue weighted by Crippen LogP contribution is 2.47. The fourth-order valence-corrected chi connectivity index (χ4v) is 6.96. The number of nitrogens with one attached hydrogen (secondary N) is 1. The first-order valence-electron chi connectivity index (χ1n) is 17.9. The molecule has 2 heterocycles. The molecule has 0 saturated heterocycles. The van der Waals surface area contributed by atoms with Crippen molar-refractivity contribution in [1.29, 1.82) is 0 Å². The van der Waals surface area contributed by atoms with Gasteiger partial charge in [-0.2, -0.15) is 0 Å². The van der Waals surface area contributed by atoms with Crippen LogP contribution in [0.4, 0.5) is 0 Å². The first kappa shape index (κ1) is 38.7. The lowest BCUT2D eigenvalue weighted by atomic mass is 9.84. The highest BCUT2D eigenvalue weighted by atomic mass is 16.5. The minimum atomic E-state index is -1.07. The van der Waals surface area contributed by atoms with Crippen LogP contribution in [0.3, 0.4) is 0 Å². The number of cyclic esters (lactones) is 1. The Morgan fingerprint density at radius 3 is 2.36 bits per heavy atom. The lowest BCUT2D eigenvalue weighted by Gasteiger charge is -2.29. The number of benzene rings is 3. The summed E-state index contributed by atoms with van der Waals surface area (Å²) in [5, 5.41) is 26.3. The molecule has 53 heavy (non-hydrogen) atoms. The molecule has 0 radical (unpaired) electrons. The number of hydrogen-bond donors (Lipinski definition) is 3. The van der Waals surface area contributed by atoms with E-state index in [0.29, 0.717) is 63.6 Å². The molecule has 12 nitrogen and oxygen atoms in total. The fourth-order valence-electron chi connectivity index (χ4n) is 6.96. The quantitative estimate of drug-likeness (QED) is 0.229. The third kappa shape index (κ3) is 9.29. The largest absolute Gasteiger partial charge is 0.507 e. The van der Waals surface area contributed by atoms with Crippen LogP contribution < -0.4 is 19.5 Å². The molecule has 0 aliphatic carbocycles. The van der Waals surface area contributed by atoms with E-state index in [0.717, 1.165) is 5.56 Å². The number of ketones is 1. The van der Waals surface area contributed by atoms with E-state index in [2.05, 4.69) is 5.32 Å². The number of ether oxygens (including phenoxy) is 4. The molecule has 0 saturated carbocycles. The summed E-state index contributed by atoms with van der Waals surface area (Å²) in [7, 11) is 4.33. The average Bonchev–Trinajstić information content (AvgIpc) is 3.14. The van der Waals surface area contributed by atoms with Gasteiger partial charge in [0.25, 0.3) is 0 Å². The number of Topliss-reactive ketones (excluding diaryl/α,β-unsaturated/α-hetero) is 1. The summed E-state index contributed by atoms with van der Waals surface area (Å²) in [6.07, 6.45) is 6.16. The smallest absolute Gasteiger partial charge is 0.342 e. The second-order valence-corrected chi connectivity index (χ2v) is 13.4. The van der Waals surface area contributed by atoms with Gasteiger partial charge in [0.05, 0.1) is 34.0 Å². The second-order valence-electron chi connectivity index (χ2n) is 13.4. The van der Waals surface area contributed by atoms with Crippen molar-refractivity contribution in [3.8, 4) is 28.7 Å². The monoisotopic (exact) mass is 728 g/mol. The Hall–Kier alpha value is -5.52. The van der Waals surface area contributed by atoms with Crippen LogP contribution in [0.15, 0.2) is 48.5 Å². The van der Waals surface area contributed by atoms with E-state index in [4.69, 9.17) is 18.9 Å². The number of methoxy groups -OCH3 is 3. The molecule has 2 unspecified atom stereocenters. The van der Waals surface area contributed by atoms with E-state index >= 15 is 0 Å². The van der Waals surface area contributed by atoms with Gasteiger partial charge in [-0.15, -0.1) is 0 Å². The standard InChI is InChI=1S/C41H48N2O10/c1-25-11-10-16-30(44)15-7-5-6-13-27-19-32(45)38(39(48)37(27)41(49)53-25)31(29-20-33(50-2)40(52-4)34(21-29)51-3)22-35(46)42-23-36(47)43-18-17-26-12-8-9-14-28(26)24-43/h6,8-9,12-14,19-21,25,31,45,48H,5,7,10-11,15-18,22-24H2,1-4H3,(H,42,46). The van der Waals surface area contributed by atoms with Crippen LogP contribution in [0.5, 0.6) is 28.7 Å². The predicted molar refractivity (Wildman–Crippen MR) is 198 cm³/mol. The zero-order chi connectivity index (χ0) is 38.1. The number of phenols is 2. The first-order valence-corrected chi connectivity index (χ1v) is 17.9. The number of phenolic OH excluding ortho intramolecular Hbond substituents is 2. The molecule has 3 N–H and O–H groups in total. The van der Waals surface area contributed by atoms with Crippen molar-refractivity contribution in [2.24, 2.45) is 0 Å². The number of carbonyl (C=O) groups excluding carboxylic acids is 4. The van der Waals surface area contributed by atoms with Gasteiger partial charge in [-0.3, -0.25) is 14.4 Å². The highest BCUT2D eigenvalue weighted by Gasteiger charge is 2.32. The summed E-state index contributed by atoms with van der Waals surface area (Å²) in [6.45, 7) is 2.43. The van der Waals surface area contributed by atoms with Gasteiger partial charge in [0.15, 0.2) is 11.5 Å². The van der Waals surface area contributed by atoms with Crippen molar-refractivity contribution < 1.29 is 48.3 Å². The summed E-state index contributed by atoms with van der Waals surface area (Å²) in [4.78, 5) is 54.6. The predicted octanol–water partition coefficient (Wildman–Crippen LogP) is 5.83. The summed E-state index contributed by atoms with van der Waals surface area (Å²) in [5.41, 5.74) is 2.59. The van der Waals surface area contributed by atoms with E-state index < -0.39 is 29.6 Å². The van der Waals surface area contributed by atoms with Crippen molar-refractivity contribution in [2.75, 3.05) is 34.4 Å². The van der Waals surface area contributed by atoms with Gasteiger partial charge in [-0.25, -0.2) is 4.79 Å². The Labute approximate surface area is 309 Å². The Morgan fingerprint density at radius 2 is 1.66 bits per heavy atom. The topological polar surface area (TPSA) is 161 Å². The van der Waals surface area contributed by atoms with Crippen molar-refractivity contribution in [1.82, 2.24) is 10.2 Å². The van der Waals surface area contributed by atoms with Crippen molar-refractivity contribution in [3.05, 3.63) is 81.9 Å². The Balaban J connectivity index is 1.52. The van der Waals surface area contributed by atoms with E-state index in [1.54, 1.807) is 36.1 Å². The van der Waals surface area contributed by atoms with E-state index in [1.807, 2.05) is 24.3 Å². The van der Waals surface area contributed by atoms with Crippen LogP contribution in [0.1, 0.15) is 96.0 Å². The lowest BCUT2D eigenvalue weighted by Crippen LogP contribution is -2.42. The van der Waals surface area contributed by atoms with E-state index in [-0.39, 0.29) is 64.3 Å². The molecular weight excluding hydrogens is 680 g/mol. The molecule has 0 aromatic heterocycles. The molecule has 0 spiro atoms. The van der Waals surface area contributed by atoms with Gasteiger partial charge in [0, 0.05) is 43.8 Å². The molecule has 3 aromatic rings. The molecular formula is C41H48N2O10. The molecule has 0 fully saturated rings. The third-order valence-corrected chi connectivity index (χ3v) is 9.80. The maximum absolute atomic E-state index is 13.8. The lowest BCUT2D eigenvalue weighted by molar-refractivity contribution is -0.133. The average molecular weight is 729 g/mol. The van der Waals surface area contributed by atoms with Crippen LogP contribution in [0, 0.1) is 0 Å². The van der Waals surface area contributed by atoms with Crippen molar-refractivity contribution >= 4 is 29.6 Å². The van der Waals surface area contributed by atoms with Crippen molar-refractivity contribution in [2.45, 2.75) is 76.9 Å². The number of amides is 2. The number of allylic oxidation sites excluding steroid dienone is 1. The minimum absolute atomic E-state index is 0.100. The summed E-state index contributed by atoms with van der Waals surface area (Å²) < 4.78 is 22.4. The van der Waals surface area contributed by atoms with Gasteiger partial charge in [0.1, 0.15) is 22.8 Å². The fraction of sp³-hybridized carbons (Fsp3) is 0.415. The van der Waals surface area contributed by atoms with Crippen LogP contribution in [0.25, 0.3) is 6.08 Å². The van der Waals surface area contributed by atoms with Crippen LogP contribution >= 0.6 is 0 Å². The van der Waals surface area contributed by atoms with Crippen molar-refractivity contribution in [3.63, 3.8) is 0 Å². The molecule has 3 aromatic carbocycles. The number of nitrogens with zero attached hydrogens (tertiary/aromatic N) is 1.